The van der Waals surface area contributed by atoms with E-state index < -0.39 is 0 Å². The van der Waals surface area contributed by atoms with Crippen LogP contribution in [0.4, 0.5) is 5.69 Å². The van der Waals surface area contributed by atoms with Gasteiger partial charge >= 0.3 is 0 Å². The van der Waals surface area contributed by atoms with Crippen LogP contribution in [0.5, 0.6) is 0 Å². The molecule has 1 fully saturated rings. The Morgan fingerprint density at radius 3 is 2.06 bits per heavy atom. The zero-order valence-electron chi connectivity index (χ0n) is 11.5. The van der Waals surface area contributed by atoms with Crippen molar-refractivity contribution in [2.75, 3.05) is 25.0 Å². The molecule has 94 valence electrons. The molecule has 0 aromatic heterocycles. The van der Waals surface area contributed by atoms with E-state index in [9.17, 15) is 0 Å². The summed E-state index contributed by atoms with van der Waals surface area (Å²) in [5.74, 6) is 0. The first-order chi connectivity index (χ1) is 8.11. The van der Waals surface area contributed by atoms with Crippen molar-refractivity contribution in [1.82, 2.24) is 4.90 Å². The Bertz CT molecular complexity index is 346. The van der Waals surface area contributed by atoms with Crippen molar-refractivity contribution in [3.63, 3.8) is 0 Å². The summed E-state index contributed by atoms with van der Waals surface area (Å²) in [6.07, 6.45) is 1.12. The van der Waals surface area contributed by atoms with E-state index in [1.165, 1.54) is 11.3 Å². The van der Waals surface area contributed by atoms with Crippen LogP contribution in [-0.4, -0.2) is 37.1 Å². The van der Waals surface area contributed by atoms with Crippen molar-refractivity contribution in [3.8, 4) is 0 Å². The largest absolute Gasteiger partial charge is 0.368 e. The highest BCUT2D eigenvalue weighted by Crippen LogP contribution is 2.21. The fourth-order valence-corrected chi connectivity index (χ4v) is 2.56. The van der Waals surface area contributed by atoms with Crippen LogP contribution in [0.25, 0.3) is 0 Å². The molecule has 2 heteroatoms. The minimum absolute atomic E-state index is 0.629. The smallest absolute Gasteiger partial charge is 0.0367 e. The summed E-state index contributed by atoms with van der Waals surface area (Å²) >= 11 is 0. The molecule has 1 heterocycles. The van der Waals surface area contributed by atoms with Gasteiger partial charge in [0.25, 0.3) is 0 Å². The van der Waals surface area contributed by atoms with Crippen molar-refractivity contribution >= 4 is 5.69 Å². The molecular weight excluding hydrogens is 208 g/mol. The lowest BCUT2D eigenvalue weighted by Gasteiger charge is -2.43. The summed E-state index contributed by atoms with van der Waals surface area (Å²) in [7, 11) is 2.23. The third kappa shape index (κ3) is 2.63. The Labute approximate surface area is 105 Å². The fourth-order valence-electron chi connectivity index (χ4n) is 2.56. The van der Waals surface area contributed by atoms with Gasteiger partial charge in [-0.2, -0.15) is 0 Å². The normalized spacial score (nSPS) is 26.2. The summed E-state index contributed by atoms with van der Waals surface area (Å²) < 4.78 is 0. The monoisotopic (exact) mass is 232 g/mol. The molecule has 1 aliphatic heterocycles. The van der Waals surface area contributed by atoms with Gasteiger partial charge in [-0.1, -0.05) is 19.1 Å². The first kappa shape index (κ1) is 12.4. The van der Waals surface area contributed by atoms with Crippen molar-refractivity contribution in [2.45, 2.75) is 39.3 Å². The summed E-state index contributed by atoms with van der Waals surface area (Å²) in [6.45, 7) is 9.08. The molecule has 1 aliphatic rings. The fraction of sp³-hybridized carbons (Fsp3) is 0.600. The van der Waals surface area contributed by atoms with Gasteiger partial charge in [-0.15, -0.1) is 0 Å². The third-order valence-electron chi connectivity index (χ3n) is 4.07. The molecule has 0 saturated carbocycles. The summed E-state index contributed by atoms with van der Waals surface area (Å²) in [6, 6.07) is 10.3. The number of likely N-dealkylation sites (N-methyl/N-ethyl adjacent to an activating group) is 1. The lowest BCUT2D eigenvalue weighted by molar-refractivity contribution is 0.170. The van der Waals surface area contributed by atoms with E-state index >= 15 is 0 Å². The van der Waals surface area contributed by atoms with Gasteiger partial charge in [0.05, 0.1) is 0 Å². The summed E-state index contributed by atoms with van der Waals surface area (Å²) in [5, 5.41) is 0. The van der Waals surface area contributed by atoms with Crippen LogP contribution in [0.3, 0.4) is 0 Å². The Hall–Kier alpha value is -1.02. The number of rotatable bonds is 2. The number of aryl methyl sites for hydroxylation is 1. The Morgan fingerprint density at radius 1 is 1.06 bits per heavy atom. The number of hydrogen-bond acceptors (Lipinski definition) is 2. The quantitative estimate of drug-likeness (QED) is 0.773. The lowest BCUT2D eigenvalue weighted by atomic mass is 10.1. The van der Waals surface area contributed by atoms with E-state index in [1.54, 1.807) is 0 Å². The first-order valence-electron chi connectivity index (χ1n) is 6.67. The van der Waals surface area contributed by atoms with Crippen molar-refractivity contribution in [1.29, 1.82) is 0 Å². The maximum atomic E-state index is 2.51. The molecule has 2 rings (SSSR count). The number of anilines is 1. The van der Waals surface area contributed by atoms with Crippen LogP contribution in [-0.2, 0) is 6.42 Å². The van der Waals surface area contributed by atoms with Gasteiger partial charge < -0.3 is 4.90 Å². The molecule has 1 aromatic carbocycles. The van der Waals surface area contributed by atoms with Crippen LogP contribution in [0.2, 0.25) is 0 Å². The van der Waals surface area contributed by atoms with Gasteiger partial charge in [0.15, 0.2) is 0 Å². The van der Waals surface area contributed by atoms with Crippen molar-refractivity contribution in [2.24, 2.45) is 0 Å². The maximum absolute atomic E-state index is 2.51. The first-order valence-corrected chi connectivity index (χ1v) is 6.67. The van der Waals surface area contributed by atoms with E-state index in [1.807, 2.05) is 0 Å². The van der Waals surface area contributed by atoms with E-state index in [0.717, 1.165) is 19.5 Å². The minimum atomic E-state index is 0.629. The SMILES string of the molecule is CCc1ccc(N2C[C@@H](C)N(C)[C@@H](C)C2)cc1. The molecule has 0 spiro atoms. The van der Waals surface area contributed by atoms with Crippen LogP contribution < -0.4 is 4.90 Å². The van der Waals surface area contributed by atoms with Crippen molar-refractivity contribution in [3.05, 3.63) is 29.8 Å². The molecule has 0 bridgehead atoms. The average molecular weight is 232 g/mol. The van der Waals surface area contributed by atoms with Gasteiger partial charge in [0.2, 0.25) is 0 Å². The van der Waals surface area contributed by atoms with Crippen LogP contribution in [0.15, 0.2) is 24.3 Å². The zero-order valence-corrected chi connectivity index (χ0v) is 11.5. The van der Waals surface area contributed by atoms with Crippen molar-refractivity contribution < 1.29 is 0 Å². The second kappa shape index (κ2) is 5.09. The molecule has 0 amide bonds. The number of nitrogens with zero attached hydrogens (tertiary/aromatic N) is 2. The molecule has 0 aliphatic carbocycles. The number of hydrogen-bond donors (Lipinski definition) is 0. The highest BCUT2D eigenvalue weighted by Gasteiger charge is 2.26. The predicted octanol–water partition coefficient (Wildman–Crippen LogP) is 2.78. The number of piperazine rings is 1. The standard InChI is InChI=1S/C15H24N2/c1-5-14-6-8-15(9-7-14)17-10-12(2)16(4)13(3)11-17/h6-9,12-13H,5,10-11H2,1-4H3/t12-,13+. The second-order valence-electron chi connectivity index (χ2n) is 5.29. The number of benzene rings is 1. The Kier molecular flexibility index (Phi) is 3.72. The van der Waals surface area contributed by atoms with Gasteiger partial charge in [-0.3, -0.25) is 4.90 Å². The molecule has 0 N–H and O–H groups in total. The summed E-state index contributed by atoms with van der Waals surface area (Å²) in [5.41, 5.74) is 2.79. The van der Waals surface area contributed by atoms with E-state index in [4.69, 9.17) is 0 Å². The molecule has 2 atom stereocenters. The lowest BCUT2D eigenvalue weighted by Crippen LogP contribution is -2.55. The van der Waals surface area contributed by atoms with E-state index in [2.05, 4.69) is 61.9 Å². The molecule has 1 aromatic rings. The topological polar surface area (TPSA) is 6.48 Å². The zero-order chi connectivity index (χ0) is 12.4. The molecule has 17 heavy (non-hydrogen) atoms. The Morgan fingerprint density at radius 2 is 1.59 bits per heavy atom. The summed E-state index contributed by atoms with van der Waals surface area (Å²) in [4.78, 5) is 4.98. The third-order valence-corrected chi connectivity index (χ3v) is 4.07. The molecule has 2 nitrogen and oxygen atoms in total. The molecular formula is C15H24N2. The van der Waals surface area contributed by atoms with E-state index in [0.29, 0.717) is 12.1 Å². The molecule has 1 saturated heterocycles. The second-order valence-corrected chi connectivity index (χ2v) is 5.29. The molecule has 0 unspecified atom stereocenters. The van der Waals surface area contributed by atoms with Gasteiger partial charge in [0, 0.05) is 30.9 Å². The highest BCUT2D eigenvalue weighted by atomic mass is 15.3. The Balaban J connectivity index is 2.11. The van der Waals surface area contributed by atoms with Crippen LogP contribution in [0, 0.1) is 0 Å². The maximum Gasteiger partial charge on any atom is 0.0367 e. The predicted molar refractivity (Wildman–Crippen MR) is 74.7 cm³/mol. The van der Waals surface area contributed by atoms with E-state index in [-0.39, 0.29) is 0 Å². The van der Waals surface area contributed by atoms with Crippen LogP contribution >= 0.6 is 0 Å². The van der Waals surface area contributed by atoms with Gasteiger partial charge in [-0.05, 0) is 45.0 Å². The van der Waals surface area contributed by atoms with Crippen LogP contribution in [0.1, 0.15) is 26.3 Å². The van der Waals surface area contributed by atoms with Gasteiger partial charge in [-0.25, -0.2) is 0 Å². The molecule has 0 radical (unpaired) electrons. The minimum Gasteiger partial charge on any atom is -0.368 e. The highest BCUT2D eigenvalue weighted by molar-refractivity contribution is 5.48. The van der Waals surface area contributed by atoms with Gasteiger partial charge in [0.1, 0.15) is 0 Å². The average Bonchev–Trinajstić information content (AvgIpc) is 2.35.